The zero-order valence-corrected chi connectivity index (χ0v) is 18.6. The first-order valence-corrected chi connectivity index (χ1v) is 11.2. The van der Waals surface area contributed by atoms with Crippen LogP contribution in [0.4, 0.5) is 5.69 Å². The lowest BCUT2D eigenvalue weighted by Crippen LogP contribution is -2.49. The van der Waals surface area contributed by atoms with E-state index >= 15 is 0 Å². The van der Waals surface area contributed by atoms with Gasteiger partial charge in [-0.05, 0) is 48.7 Å². The maximum atomic E-state index is 13.2. The molecule has 0 aromatic heterocycles. The molecule has 2 N–H and O–H groups in total. The molecular weight excluding hydrogens is 414 g/mol. The number of rotatable bonds is 9. The Balaban J connectivity index is 1.47. The van der Waals surface area contributed by atoms with E-state index in [0.29, 0.717) is 35.3 Å². The van der Waals surface area contributed by atoms with Crippen molar-refractivity contribution in [2.45, 2.75) is 32.4 Å². The number of amides is 3. The van der Waals surface area contributed by atoms with E-state index < -0.39 is 0 Å². The molecule has 0 bridgehead atoms. The molecule has 0 fully saturated rings. The van der Waals surface area contributed by atoms with Gasteiger partial charge in [-0.2, -0.15) is 0 Å². The number of anilines is 1. The third-order valence-corrected chi connectivity index (χ3v) is 5.72. The van der Waals surface area contributed by atoms with Crippen molar-refractivity contribution in [1.82, 2.24) is 10.2 Å². The molecule has 3 aromatic rings. The van der Waals surface area contributed by atoms with E-state index in [2.05, 4.69) is 22.8 Å². The van der Waals surface area contributed by atoms with Crippen LogP contribution < -0.4 is 10.6 Å². The summed E-state index contributed by atoms with van der Waals surface area (Å²) in [5.74, 6) is -0.909. The van der Waals surface area contributed by atoms with Crippen molar-refractivity contribution >= 4 is 23.4 Å². The van der Waals surface area contributed by atoms with Gasteiger partial charge in [0.25, 0.3) is 17.7 Å². The van der Waals surface area contributed by atoms with Gasteiger partial charge < -0.3 is 5.32 Å². The highest BCUT2D eigenvalue weighted by Gasteiger charge is 2.39. The molecule has 3 aromatic carbocycles. The number of nitrogens with one attached hydrogen (secondary N) is 2. The highest BCUT2D eigenvalue weighted by molar-refractivity contribution is 6.22. The quantitative estimate of drug-likeness (QED) is 0.480. The molecule has 33 heavy (non-hydrogen) atoms. The van der Waals surface area contributed by atoms with E-state index in [1.807, 2.05) is 31.2 Å². The number of carbonyl (C=O) groups is 3. The van der Waals surface area contributed by atoms with Gasteiger partial charge in [-0.25, -0.2) is 0 Å². The van der Waals surface area contributed by atoms with Crippen LogP contribution >= 0.6 is 0 Å². The molecule has 1 aliphatic rings. The van der Waals surface area contributed by atoms with Gasteiger partial charge in [0, 0.05) is 17.8 Å². The first-order valence-electron chi connectivity index (χ1n) is 11.2. The van der Waals surface area contributed by atoms with Crippen LogP contribution in [0.2, 0.25) is 0 Å². The highest BCUT2D eigenvalue weighted by atomic mass is 16.2. The van der Waals surface area contributed by atoms with E-state index in [9.17, 15) is 14.4 Å². The molecule has 0 spiro atoms. The van der Waals surface area contributed by atoms with Gasteiger partial charge >= 0.3 is 0 Å². The Morgan fingerprint density at radius 1 is 0.879 bits per heavy atom. The number of fused-ring (bicyclic) bond motifs is 1. The van der Waals surface area contributed by atoms with Gasteiger partial charge in [0.05, 0.1) is 17.3 Å². The lowest BCUT2D eigenvalue weighted by molar-refractivity contribution is 0.0543. The Bertz CT molecular complexity index is 1150. The predicted molar refractivity (Wildman–Crippen MR) is 128 cm³/mol. The van der Waals surface area contributed by atoms with E-state index in [4.69, 9.17) is 0 Å². The number of hydrogen-bond donors (Lipinski definition) is 2. The minimum atomic E-state index is -0.381. The van der Waals surface area contributed by atoms with E-state index in [0.717, 1.165) is 12.8 Å². The van der Waals surface area contributed by atoms with Crippen LogP contribution in [0.1, 0.15) is 56.4 Å². The second kappa shape index (κ2) is 10.2. The second-order valence-electron chi connectivity index (χ2n) is 8.06. The summed E-state index contributed by atoms with van der Waals surface area (Å²) in [6, 6.07) is 23.8. The van der Waals surface area contributed by atoms with Crippen LogP contribution in [0.15, 0.2) is 78.9 Å². The van der Waals surface area contributed by atoms with Crippen molar-refractivity contribution in [1.29, 1.82) is 0 Å². The summed E-state index contributed by atoms with van der Waals surface area (Å²) in [6.45, 7) is 2.68. The monoisotopic (exact) mass is 441 g/mol. The van der Waals surface area contributed by atoms with Crippen molar-refractivity contribution in [2.24, 2.45) is 0 Å². The predicted octanol–water partition coefficient (Wildman–Crippen LogP) is 4.49. The largest absolute Gasteiger partial charge is 0.322 e. The minimum Gasteiger partial charge on any atom is -0.322 e. The number of benzene rings is 3. The molecule has 1 aliphatic heterocycles. The molecule has 0 aliphatic carbocycles. The first-order chi connectivity index (χ1) is 16.1. The van der Waals surface area contributed by atoms with Gasteiger partial charge in [-0.15, -0.1) is 0 Å². The molecule has 0 saturated carbocycles. The molecule has 3 amide bonds. The number of nitrogens with zero attached hydrogens (tertiary/aromatic N) is 1. The molecular formula is C27H27N3O3. The average Bonchev–Trinajstić information content (AvgIpc) is 3.09. The fraction of sp³-hybridized carbons (Fsp3) is 0.222. The maximum Gasteiger partial charge on any atom is 0.262 e. The van der Waals surface area contributed by atoms with Crippen molar-refractivity contribution < 1.29 is 14.4 Å². The van der Waals surface area contributed by atoms with Crippen LogP contribution in [0, 0.1) is 0 Å². The zero-order valence-electron chi connectivity index (χ0n) is 18.6. The van der Waals surface area contributed by atoms with Gasteiger partial charge in [0.15, 0.2) is 0 Å². The van der Waals surface area contributed by atoms with Crippen molar-refractivity contribution in [3.63, 3.8) is 0 Å². The average molecular weight is 442 g/mol. The van der Waals surface area contributed by atoms with Gasteiger partial charge in [0.1, 0.15) is 0 Å². The Labute approximate surface area is 193 Å². The Kier molecular flexibility index (Phi) is 6.95. The molecule has 168 valence electrons. The molecule has 1 atom stereocenters. The molecule has 1 heterocycles. The topological polar surface area (TPSA) is 78.5 Å². The smallest absolute Gasteiger partial charge is 0.262 e. The molecule has 4 rings (SSSR count). The Morgan fingerprint density at radius 2 is 1.55 bits per heavy atom. The molecule has 6 heteroatoms. The fourth-order valence-corrected chi connectivity index (χ4v) is 4.04. The van der Waals surface area contributed by atoms with Crippen LogP contribution in [0.5, 0.6) is 0 Å². The lowest BCUT2D eigenvalue weighted by atomic mass is 10.1. The summed E-state index contributed by atoms with van der Waals surface area (Å²) in [4.78, 5) is 40.1. The summed E-state index contributed by atoms with van der Waals surface area (Å²) < 4.78 is 0. The highest BCUT2D eigenvalue weighted by Crippen LogP contribution is 2.28. The Morgan fingerprint density at radius 3 is 2.24 bits per heavy atom. The third-order valence-electron chi connectivity index (χ3n) is 5.72. The summed E-state index contributed by atoms with van der Waals surface area (Å²) in [5.41, 5.74) is 2.88. The minimum absolute atomic E-state index is 0.268. The van der Waals surface area contributed by atoms with E-state index in [1.54, 1.807) is 42.5 Å². The molecule has 6 nitrogen and oxygen atoms in total. The Hall–Kier alpha value is -3.77. The van der Waals surface area contributed by atoms with Gasteiger partial charge in [0.2, 0.25) is 0 Å². The summed E-state index contributed by atoms with van der Waals surface area (Å²) in [7, 11) is 0. The van der Waals surface area contributed by atoms with Gasteiger partial charge in [-0.3, -0.25) is 24.6 Å². The van der Waals surface area contributed by atoms with Crippen molar-refractivity contribution in [2.75, 3.05) is 11.9 Å². The molecule has 0 saturated heterocycles. The van der Waals surface area contributed by atoms with Crippen molar-refractivity contribution in [3.05, 3.63) is 101 Å². The van der Waals surface area contributed by atoms with Crippen LogP contribution in [0.3, 0.4) is 0 Å². The standard InChI is InChI=1S/C27H27N3O3/c1-2-9-24(28-17-16-19-10-5-3-6-11-19)30-26(32)22-15-14-21(18-23(22)27(30)33)29-25(31)20-12-7-4-8-13-20/h3-8,10-15,18,24,28H,2,9,16-17H2,1H3,(H,29,31). The normalized spacial score (nSPS) is 13.7. The number of carbonyl (C=O) groups excluding carboxylic acids is 3. The number of hydrogen-bond acceptors (Lipinski definition) is 4. The summed E-state index contributed by atoms with van der Waals surface area (Å²) in [6.07, 6.45) is 1.92. The number of imide groups is 1. The van der Waals surface area contributed by atoms with Crippen LogP contribution in [-0.4, -0.2) is 35.3 Å². The van der Waals surface area contributed by atoms with E-state index in [1.165, 1.54) is 10.5 Å². The van der Waals surface area contributed by atoms with Crippen molar-refractivity contribution in [3.8, 4) is 0 Å². The third kappa shape index (κ3) is 5.02. The first kappa shape index (κ1) is 22.4. The second-order valence-corrected chi connectivity index (χ2v) is 8.06. The molecule has 1 unspecified atom stereocenters. The lowest BCUT2D eigenvalue weighted by Gasteiger charge is -2.27. The summed E-state index contributed by atoms with van der Waals surface area (Å²) in [5, 5.41) is 6.20. The molecule has 0 radical (unpaired) electrons. The zero-order chi connectivity index (χ0) is 23.2. The van der Waals surface area contributed by atoms with Crippen LogP contribution in [0.25, 0.3) is 0 Å². The van der Waals surface area contributed by atoms with E-state index in [-0.39, 0.29) is 23.9 Å². The summed E-state index contributed by atoms with van der Waals surface area (Å²) >= 11 is 0. The SMILES string of the molecule is CCCC(NCCc1ccccc1)N1C(=O)c2ccc(NC(=O)c3ccccc3)cc2C1=O. The van der Waals surface area contributed by atoms with Crippen LogP contribution in [-0.2, 0) is 6.42 Å². The maximum absolute atomic E-state index is 13.2. The van der Waals surface area contributed by atoms with Gasteiger partial charge in [-0.1, -0.05) is 61.9 Å². The fourth-order valence-electron chi connectivity index (χ4n) is 4.04.